The van der Waals surface area contributed by atoms with Crippen LogP contribution in [0.4, 0.5) is 0 Å². The molecule has 20 heavy (non-hydrogen) atoms. The van der Waals surface area contributed by atoms with Crippen molar-refractivity contribution in [1.82, 2.24) is 0 Å². The van der Waals surface area contributed by atoms with E-state index < -0.39 is 17.5 Å². The van der Waals surface area contributed by atoms with Gasteiger partial charge < -0.3 is 9.47 Å². The van der Waals surface area contributed by atoms with Gasteiger partial charge in [0.15, 0.2) is 5.71 Å². The van der Waals surface area contributed by atoms with E-state index in [2.05, 4.69) is 20.7 Å². The number of rotatable bonds is 6. The van der Waals surface area contributed by atoms with E-state index >= 15 is 0 Å². The van der Waals surface area contributed by atoms with Gasteiger partial charge in [0.2, 0.25) is 5.78 Å². The number of esters is 1. The van der Waals surface area contributed by atoms with Crippen LogP contribution in [0.5, 0.6) is 5.75 Å². The lowest BCUT2D eigenvalue weighted by molar-refractivity contribution is -0.134. The molecule has 1 aromatic rings. The van der Waals surface area contributed by atoms with Gasteiger partial charge in [-0.1, -0.05) is 27.5 Å². The predicted octanol–water partition coefficient (Wildman–Crippen LogP) is 3.27. The summed E-state index contributed by atoms with van der Waals surface area (Å²) in [7, 11) is 0. The molecule has 0 saturated carbocycles. The predicted molar refractivity (Wildman–Crippen MR) is 79.0 cm³/mol. The van der Waals surface area contributed by atoms with Crippen molar-refractivity contribution in [1.29, 1.82) is 5.41 Å². The lowest BCUT2D eigenvalue weighted by Gasteiger charge is -2.10. The third-order valence-electron chi connectivity index (χ3n) is 2.26. The van der Waals surface area contributed by atoms with E-state index in [9.17, 15) is 9.59 Å². The van der Waals surface area contributed by atoms with Gasteiger partial charge in [-0.25, -0.2) is 4.79 Å². The summed E-state index contributed by atoms with van der Waals surface area (Å²) in [6.07, 6.45) is 0. The Kier molecular flexibility index (Phi) is 6.16. The van der Waals surface area contributed by atoms with Crippen LogP contribution in [0.1, 0.15) is 24.2 Å². The Morgan fingerprint density at radius 2 is 1.95 bits per heavy atom. The van der Waals surface area contributed by atoms with Gasteiger partial charge >= 0.3 is 5.97 Å². The fraction of sp³-hybridized carbons (Fsp3) is 0.308. The molecule has 0 saturated heterocycles. The standard InChI is InChI=1S/C13H13BrClNO4/c1-3-19-9-6-7(14)5-8(10(9)15)12(17)11(16)13(18)20-4-2/h5-6,16H,3-4H2,1-2H3. The molecule has 1 N–H and O–H groups in total. The third-order valence-corrected chi connectivity index (χ3v) is 3.10. The molecule has 0 aliphatic heterocycles. The van der Waals surface area contributed by atoms with E-state index in [1.54, 1.807) is 19.9 Å². The second-order valence-electron chi connectivity index (χ2n) is 3.62. The van der Waals surface area contributed by atoms with Crippen molar-refractivity contribution in [3.8, 4) is 5.75 Å². The van der Waals surface area contributed by atoms with Crippen LogP contribution in [0.25, 0.3) is 0 Å². The molecule has 0 atom stereocenters. The SMILES string of the molecule is CCOC(=O)C(=N)C(=O)c1cc(Br)cc(OCC)c1Cl. The summed E-state index contributed by atoms with van der Waals surface area (Å²) in [5.74, 6) is -1.48. The van der Waals surface area contributed by atoms with Gasteiger partial charge in [0.1, 0.15) is 5.75 Å². The summed E-state index contributed by atoms with van der Waals surface area (Å²) in [6, 6.07) is 3.04. The van der Waals surface area contributed by atoms with Crippen molar-refractivity contribution < 1.29 is 19.1 Å². The molecule has 0 fully saturated rings. The molecular weight excluding hydrogens is 350 g/mol. The number of Topliss-reactive ketones (excluding diaryl/α,β-unsaturated/α-hetero) is 1. The highest BCUT2D eigenvalue weighted by Crippen LogP contribution is 2.32. The minimum atomic E-state index is -0.980. The zero-order chi connectivity index (χ0) is 15.3. The summed E-state index contributed by atoms with van der Waals surface area (Å²) in [6.45, 7) is 3.83. The van der Waals surface area contributed by atoms with Crippen molar-refractivity contribution in [3.63, 3.8) is 0 Å². The van der Waals surface area contributed by atoms with Crippen molar-refractivity contribution in [2.24, 2.45) is 0 Å². The Morgan fingerprint density at radius 3 is 2.50 bits per heavy atom. The van der Waals surface area contributed by atoms with Gasteiger partial charge in [0, 0.05) is 10.0 Å². The van der Waals surface area contributed by atoms with Crippen LogP contribution in [-0.2, 0) is 9.53 Å². The van der Waals surface area contributed by atoms with Gasteiger partial charge in [-0.15, -0.1) is 0 Å². The molecule has 1 aromatic carbocycles. The van der Waals surface area contributed by atoms with E-state index in [0.29, 0.717) is 16.8 Å². The van der Waals surface area contributed by atoms with E-state index in [-0.39, 0.29) is 17.2 Å². The number of carbonyl (C=O) groups excluding carboxylic acids is 2. The first kappa shape index (κ1) is 16.7. The summed E-state index contributed by atoms with van der Waals surface area (Å²) >= 11 is 9.29. The largest absolute Gasteiger partial charge is 0.492 e. The maximum Gasteiger partial charge on any atom is 0.360 e. The number of benzene rings is 1. The van der Waals surface area contributed by atoms with Crippen molar-refractivity contribution >= 4 is 45.0 Å². The minimum absolute atomic E-state index is 0.0162. The highest BCUT2D eigenvalue weighted by molar-refractivity contribution is 9.10. The number of halogens is 2. The molecule has 0 unspecified atom stereocenters. The monoisotopic (exact) mass is 361 g/mol. The maximum atomic E-state index is 12.1. The summed E-state index contributed by atoms with van der Waals surface area (Å²) < 4.78 is 10.5. The van der Waals surface area contributed by atoms with Gasteiger partial charge in [-0.05, 0) is 26.0 Å². The molecule has 0 radical (unpaired) electrons. The molecule has 1 rings (SSSR count). The number of carbonyl (C=O) groups is 2. The molecule has 0 aliphatic rings. The first-order valence-electron chi connectivity index (χ1n) is 5.84. The fourth-order valence-corrected chi connectivity index (χ4v) is 2.11. The quantitative estimate of drug-likeness (QED) is 0.365. The van der Waals surface area contributed by atoms with Crippen LogP contribution in [0, 0.1) is 5.41 Å². The molecule has 0 bridgehead atoms. The molecule has 0 aliphatic carbocycles. The van der Waals surface area contributed by atoms with Crippen molar-refractivity contribution in [2.45, 2.75) is 13.8 Å². The van der Waals surface area contributed by atoms with Gasteiger partial charge in [0.25, 0.3) is 0 Å². The summed E-state index contributed by atoms with van der Waals surface area (Å²) in [5, 5.41) is 7.61. The molecule has 108 valence electrons. The van der Waals surface area contributed by atoms with Crippen LogP contribution in [-0.4, -0.2) is 30.7 Å². The smallest absolute Gasteiger partial charge is 0.360 e. The second kappa shape index (κ2) is 7.40. The molecule has 0 spiro atoms. The Labute approximate surface area is 129 Å². The van der Waals surface area contributed by atoms with Gasteiger partial charge in [0.05, 0.1) is 18.2 Å². The Bertz CT molecular complexity index is 560. The highest BCUT2D eigenvalue weighted by atomic mass is 79.9. The lowest BCUT2D eigenvalue weighted by Crippen LogP contribution is -2.25. The average Bonchev–Trinajstić information content (AvgIpc) is 2.41. The Balaban J connectivity index is 3.16. The van der Waals surface area contributed by atoms with Crippen molar-refractivity contribution in [2.75, 3.05) is 13.2 Å². The number of ketones is 1. The van der Waals surface area contributed by atoms with Crippen molar-refractivity contribution in [3.05, 3.63) is 27.2 Å². The normalized spacial score (nSPS) is 10.0. The van der Waals surface area contributed by atoms with E-state index in [0.717, 1.165) is 0 Å². The summed E-state index contributed by atoms with van der Waals surface area (Å²) in [5.41, 5.74) is -0.753. The Morgan fingerprint density at radius 1 is 1.30 bits per heavy atom. The molecule has 0 amide bonds. The fourth-order valence-electron chi connectivity index (χ4n) is 1.42. The van der Waals surface area contributed by atoms with Crippen LogP contribution in [0.15, 0.2) is 16.6 Å². The number of hydrogen-bond acceptors (Lipinski definition) is 5. The van der Waals surface area contributed by atoms with Gasteiger partial charge in [-0.2, -0.15) is 0 Å². The molecule has 0 heterocycles. The van der Waals surface area contributed by atoms with E-state index in [4.69, 9.17) is 21.7 Å². The minimum Gasteiger partial charge on any atom is -0.492 e. The zero-order valence-corrected chi connectivity index (χ0v) is 13.3. The zero-order valence-electron chi connectivity index (χ0n) is 11.0. The second-order valence-corrected chi connectivity index (χ2v) is 4.92. The van der Waals surface area contributed by atoms with Crippen LogP contribution < -0.4 is 4.74 Å². The Hall–Kier alpha value is -1.40. The van der Waals surface area contributed by atoms with Crippen LogP contribution in [0.2, 0.25) is 5.02 Å². The van der Waals surface area contributed by atoms with Gasteiger partial charge in [-0.3, -0.25) is 10.2 Å². The average molecular weight is 363 g/mol. The topological polar surface area (TPSA) is 76.5 Å². The van der Waals surface area contributed by atoms with Crippen LogP contribution >= 0.6 is 27.5 Å². The molecule has 7 heteroatoms. The first-order chi connectivity index (χ1) is 9.42. The summed E-state index contributed by atoms with van der Waals surface area (Å²) in [4.78, 5) is 23.5. The molecular formula is C13H13BrClNO4. The highest BCUT2D eigenvalue weighted by Gasteiger charge is 2.25. The molecule has 5 nitrogen and oxygen atoms in total. The third kappa shape index (κ3) is 3.80. The van der Waals surface area contributed by atoms with E-state index in [1.165, 1.54) is 6.07 Å². The maximum absolute atomic E-state index is 12.1. The van der Waals surface area contributed by atoms with Crippen LogP contribution in [0.3, 0.4) is 0 Å². The number of hydrogen-bond donors (Lipinski definition) is 1. The first-order valence-corrected chi connectivity index (χ1v) is 7.01. The number of nitrogens with one attached hydrogen (secondary N) is 1. The number of ether oxygens (including phenoxy) is 2. The lowest BCUT2D eigenvalue weighted by atomic mass is 10.1. The molecule has 0 aromatic heterocycles. The van der Waals surface area contributed by atoms with E-state index in [1.807, 2.05) is 0 Å².